The molecule has 1 rings (SSSR count). The maximum atomic E-state index is 11.1. The molecular weight excluding hydrogens is 192 g/mol. The van der Waals surface area contributed by atoms with Crippen molar-refractivity contribution in [3.63, 3.8) is 0 Å². The number of carboxylic acids is 1. The van der Waals surface area contributed by atoms with Crippen LogP contribution in [0.3, 0.4) is 0 Å². The van der Waals surface area contributed by atoms with Crippen LogP contribution in [-0.4, -0.2) is 61.2 Å². The van der Waals surface area contributed by atoms with Gasteiger partial charge in [-0.1, -0.05) is 0 Å². The molecule has 88 valence electrons. The predicted molar refractivity (Wildman–Crippen MR) is 59.9 cm³/mol. The van der Waals surface area contributed by atoms with E-state index in [0.29, 0.717) is 5.92 Å². The fraction of sp³-hybridized carbons (Fsp3) is 0.909. The molecule has 0 aromatic heterocycles. The van der Waals surface area contributed by atoms with E-state index in [4.69, 9.17) is 5.11 Å². The standard InChI is InChI=1S/C11H22N2O2/c1-8-10(11(14)15)5-9(6-12(2)3)7-13(8)4/h8-10H,5-7H2,1-4H3,(H,14,15). The molecule has 1 fully saturated rings. The minimum Gasteiger partial charge on any atom is -0.481 e. The number of hydrogen-bond donors (Lipinski definition) is 1. The van der Waals surface area contributed by atoms with Gasteiger partial charge in [0.25, 0.3) is 0 Å². The number of likely N-dealkylation sites (tertiary alicyclic amines) is 1. The molecule has 0 bridgehead atoms. The van der Waals surface area contributed by atoms with Gasteiger partial charge < -0.3 is 14.9 Å². The number of carboxylic acid groups (broad SMARTS) is 1. The highest BCUT2D eigenvalue weighted by molar-refractivity contribution is 5.71. The van der Waals surface area contributed by atoms with Crippen molar-refractivity contribution in [1.82, 2.24) is 9.80 Å². The summed E-state index contributed by atoms with van der Waals surface area (Å²) >= 11 is 0. The van der Waals surface area contributed by atoms with Gasteiger partial charge in [0.15, 0.2) is 0 Å². The second-order valence-electron chi connectivity index (χ2n) is 4.99. The zero-order chi connectivity index (χ0) is 11.6. The maximum absolute atomic E-state index is 11.1. The van der Waals surface area contributed by atoms with E-state index in [1.165, 1.54) is 0 Å². The molecular formula is C11H22N2O2. The Kier molecular flexibility index (Phi) is 4.11. The summed E-state index contributed by atoms with van der Waals surface area (Å²) in [6.07, 6.45) is 0.805. The number of hydrogen-bond acceptors (Lipinski definition) is 3. The van der Waals surface area contributed by atoms with Crippen LogP contribution in [0.2, 0.25) is 0 Å². The number of rotatable bonds is 3. The first-order valence-electron chi connectivity index (χ1n) is 5.49. The number of nitrogens with zero attached hydrogens (tertiary/aromatic N) is 2. The highest BCUT2D eigenvalue weighted by atomic mass is 16.4. The molecule has 4 heteroatoms. The van der Waals surface area contributed by atoms with E-state index in [1.807, 2.05) is 28.1 Å². The van der Waals surface area contributed by atoms with Crippen molar-refractivity contribution in [2.75, 3.05) is 34.2 Å². The number of carbonyl (C=O) groups is 1. The first-order chi connectivity index (χ1) is 6.91. The molecule has 1 aliphatic rings. The molecule has 3 atom stereocenters. The molecule has 1 saturated heterocycles. The first kappa shape index (κ1) is 12.5. The zero-order valence-corrected chi connectivity index (χ0v) is 10.1. The van der Waals surface area contributed by atoms with Crippen LogP contribution >= 0.6 is 0 Å². The van der Waals surface area contributed by atoms with Gasteiger partial charge in [0, 0.05) is 19.1 Å². The van der Waals surface area contributed by atoms with Crippen LogP contribution in [0.25, 0.3) is 0 Å². The molecule has 1 aliphatic heterocycles. The summed E-state index contributed by atoms with van der Waals surface area (Å²) in [5.41, 5.74) is 0. The van der Waals surface area contributed by atoms with E-state index in [0.717, 1.165) is 19.5 Å². The van der Waals surface area contributed by atoms with Crippen LogP contribution in [0.4, 0.5) is 0 Å². The third kappa shape index (κ3) is 3.18. The summed E-state index contributed by atoms with van der Waals surface area (Å²) in [5.74, 6) is -0.395. The first-order valence-corrected chi connectivity index (χ1v) is 5.49. The third-order valence-electron chi connectivity index (χ3n) is 3.35. The third-order valence-corrected chi connectivity index (χ3v) is 3.35. The highest BCUT2D eigenvalue weighted by Gasteiger charge is 2.35. The van der Waals surface area contributed by atoms with E-state index in [1.54, 1.807) is 0 Å². The Morgan fingerprint density at radius 1 is 1.53 bits per heavy atom. The van der Waals surface area contributed by atoms with Crippen LogP contribution < -0.4 is 0 Å². The van der Waals surface area contributed by atoms with Gasteiger partial charge in [-0.2, -0.15) is 0 Å². The van der Waals surface area contributed by atoms with Crippen molar-refractivity contribution in [3.05, 3.63) is 0 Å². The zero-order valence-electron chi connectivity index (χ0n) is 10.1. The molecule has 1 N–H and O–H groups in total. The summed E-state index contributed by atoms with van der Waals surface area (Å²) in [7, 11) is 6.09. The molecule has 15 heavy (non-hydrogen) atoms. The van der Waals surface area contributed by atoms with Crippen LogP contribution in [0, 0.1) is 11.8 Å². The molecule has 0 saturated carbocycles. The average molecular weight is 214 g/mol. The Hall–Kier alpha value is -0.610. The van der Waals surface area contributed by atoms with E-state index < -0.39 is 5.97 Å². The lowest BCUT2D eigenvalue weighted by molar-refractivity contribution is -0.146. The normalized spacial score (nSPS) is 33.3. The van der Waals surface area contributed by atoms with Gasteiger partial charge in [-0.3, -0.25) is 4.79 Å². The molecule has 0 radical (unpaired) electrons. The topological polar surface area (TPSA) is 43.8 Å². The van der Waals surface area contributed by atoms with Crippen molar-refractivity contribution in [1.29, 1.82) is 0 Å². The Balaban J connectivity index is 2.62. The Labute approximate surface area is 91.9 Å². The lowest BCUT2D eigenvalue weighted by Crippen LogP contribution is -2.49. The van der Waals surface area contributed by atoms with Crippen molar-refractivity contribution in [2.24, 2.45) is 11.8 Å². The van der Waals surface area contributed by atoms with Crippen LogP contribution in [0.1, 0.15) is 13.3 Å². The Morgan fingerprint density at radius 3 is 2.60 bits per heavy atom. The maximum Gasteiger partial charge on any atom is 0.308 e. The monoisotopic (exact) mass is 214 g/mol. The number of aliphatic carboxylic acids is 1. The van der Waals surface area contributed by atoms with Gasteiger partial charge in [-0.25, -0.2) is 0 Å². The quantitative estimate of drug-likeness (QED) is 0.747. The fourth-order valence-electron chi connectivity index (χ4n) is 2.47. The minimum atomic E-state index is -0.655. The summed E-state index contributed by atoms with van der Waals surface area (Å²) in [4.78, 5) is 15.4. The van der Waals surface area contributed by atoms with E-state index in [2.05, 4.69) is 9.80 Å². The smallest absolute Gasteiger partial charge is 0.308 e. The molecule has 4 nitrogen and oxygen atoms in total. The lowest BCUT2D eigenvalue weighted by atomic mass is 9.84. The predicted octanol–water partition coefficient (Wildman–Crippen LogP) is 0.589. The van der Waals surface area contributed by atoms with Crippen LogP contribution in [0.15, 0.2) is 0 Å². The largest absolute Gasteiger partial charge is 0.481 e. The van der Waals surface area contributed by atoms with Crippen molar-refractivity contribution in [2.45, 2.75) is 19.4 Å². The lowest BCUT2D eigenvalue weighted by Gasteiger charge is -2.40. The second-order valence-corrected chi connectivity index (χ2v) is 4.99. The van der Waals surface area contributed by atoms with Gasteiger partial charge in [-0.05, 0) is 40.4 Å². The Morgan fingerprint density at radius 2 is 2.13 bits per heavy atom. The number of piperidine rings is 1. The van der Waals surface area contributed by atoms with Crippen molar-refractivity contribution < 1.29 is 9.90 Å². The van der Waals surface area contributed by atoms with E-state index >= 15 is 0 Å². The van der Waals surface area contributed by atoms with Crippen molar-refractivity contribution in [3.8, 4) is 0 Å². The molecule has 3 unspecified atom stereocenters. The Bertz CT molecular complexity index is 231. The van der Waals surface area contributed by atoms with Gasteiger partial charge in [0.05, 0.1) is 5.92 Å². The van der Waals surface area contributed by atoms with Crippen LogP contribution in [0.5, 0.6) is 0 Å². The van der Waals surface area contributed by atoms with Gasteiger partial charge in [0.1, 0.15) is 0 Å². The van der Waals surface area contributed by atoms with Crippen LogP contribution in [-0.2, 0) is 4.79 Å². The van der Waals surface area contributed by atoms with Gasteiger partial charge in [0.2, 0.25) is 0 Å². The summed E-state index contributed by atoms with van der Waals surface area (Å²) in [6.45, 7) is 3.98. The molecule has 0 aromatic rings. The van der Waals surface area contributed by atoms with Crippen molar-refractivity contribution >= 4 is 5.97 Å². The van der Waals surface area contributed by atoms with E-state index in [-0.39, 0.29) is 12.0 Å². The summed E-state index contributed by atoms with van der Waals surface area (Å²) < 4.78 is 0. The van der Waals surface area contributed by atoms with Gasteiger partial charge in [-0.15, -0.1) is 0 Å². The molecule has 0 amide bonds. The molecule has 1 heterocycles. The SMILES string of the molecule is CC1C(C(=O)O)CC(CN(C)C)CN1C. The summed E-state index contributed by atoms with van der Waals surface area (Å²) in [5, 5.41) is 9.14. The van der Waals surface area contributed by atoms with Gasteiger partial charge >= 0.3 is 5.97 Å². The average Bonchev–Trinajstić information content (AvgIpc) is 2.09. The molecule has 0 aromatic carbocycles. The minimum absolute atomic E-state index is 0.154. The summed E-state index contributed by atoms with van der Waals surface area (Å²) in [6, 6.07) is 0.154. The highest BCUT2D eigenvalue weighted by Crippen LogP contribution is 2.26. The fourth-order valence-corrected chi connectivity index (χ4v) is 2.47. The second kappa shape index (κ2) is 4.94. The molecule has 0 aliphatic carbocycles. The molecule has 0 spiro atoms. The van der Waals surface area contributed by atoms with E-state index in [9.17, 15) is 4.79 Å².